The third-order valence-corrected chi connectivity index (χ3v) is 15.0. The molecule has 0 radical (unpaired) electrons. The van der Waals surface area contributed by atoms with Gasteiger partial charge in [0.1, 0.15) is 6.61 Å². The Bertz CT molecular complexity index is 1380. The van der Waals surface area contributed by atoms with E-state index in [1.165, 1.54) is 27.2 Å². The number of carbonyl (C=O) groups excluding carboxylic acids is 1. The van der Waals surface area contributed by atoms with Gasteiger partial charge in [0.15, 0.2) is 8.32 Å². The highest BCUT2D eigenvalue weighted by molar-refractivity contribution is 6.74. The van der Waals surface area contributed by atoms with Gasteiger partial charge in [0, 0.05) is 19.5 Å². The summed E-state index contributed by atoms with van der Waals surface area (Å²) >= 11 is 0. The zero-order chi connectivity index (χ0) is 44.6. The largest absolute Gasteiger partial charge is 0.448 e. The van der Waals surface area contributed by atoms with E-state index in [0.29, 0.717) is 165 Å². The number of ether oxygens (including phenoxy) is 12. The van der Waals surface area contributed by atoms with Crippen molar-refractivity contribution in [2.24, 2.45) is 0 Å². The first-order chi connectivity index (χ1) is 30.1. The Labute approximate surface area is 372 Å². The number of nitrogens with zero attached hydrogens (tertiary/aromatic N) is 1. The number of rotatable bonds is 39. The highest BCUT2D eigenvalue weighted by Gasteiger charge is 2.37. The molecule has 1 amide bonds. The van der Waals surface area contributed by atoms with E-state index in [9.17, 15) is 4.79 Å². The molecule has 0 unspecified atom stereocenters. The van der Waals surface area contributed by atoms with Gasteiger partial charge in [-0.25, -0.2) is 4.79 Å². The van der Waals surface area contributed by atoms with Crippen molar-refractivity contribution in [3.8, 4) is 11.1 Å². The first kappa shape index (κ1) is 53.8. The van der Waals surface area contributed by atoms with Crippen LogP contribution in [-0.2, 0) is 61.3 Å². The minimum Gasteiger partial charge on any atom is -0.448 e. The van der Waals surface area contributed by atoms with Crippen LogP contribution in [-0.4, -0.2) is 191 Å². The van der Waals surface area contributed by atoms with Crippen molar-refractivity contribution in [2.45, 2.75) is 44.8 Å². The number of likely N-dealkylation sites (N-methyl/N-ethyl adjacent to an activating group) is 1. The van der Waals surface area contributed by atoms with Crippen molar-refractivity contribution < 1.29 is 66.1 Å². The predicted molar refractivity (Wildman–Crippen MR) is 240 cm³/mol. The number of hydrogen-bond acceptors (Lipinski definition) is 14. The van der Waals surface area contributed by atoms with E-state index in [4.69, 9.17) is 61.3 Å². The average Bonchev–Trinajstić information content (AvgIpc) is 3.58. The van der Waals surface area contributed by atoms with Crippen molar-refractivity contribution in [1.82, 2.24) is 4.90 Å². The lowest BCUT2D eigenvalue weighted by Crippen LogP contribution is -2.41. The number of amides is 1. The topological polar surface area (TPSA) is 140 Å². The van der Waals surface area contributed by atoms with E-state index >= 15 is 0 Å². The van der Waals surface area contributed by atoms with Crippen molar-refractivity contribution in [1.29, 1.82) is 0 Å². The van der Waals surface area contributed by atoms with Gasteiger partial charge in [-0.1, -0.05) is 69.3 Å². The third kappa shape index (κ3) is 22.9. The summed E-state index contributed by atoms with van der Waals surface area (Å²) in [5, 5.41) is 0.210. The fraction of sp³-hybridized carbons (Fsp3) is 0.717. The maximum absolute atomic E-state index is 12.6. The van der Waals surface area contributed by atoms with Gasteiger partial charge in [0.2, 0.25) is 0 Å². The van der Waals surface area contributed by atoms with Crippen molar-refractivity contribution in [3.05, 3.63) is 59.7 Å². The molecule has 1 aliphatic rings. The summed E-state index contributed by atoms with van der Waals surface area (Å²) in [5.41, 5.74) is 4.80. The lowest BCUT2D eigenvalue weighted by Gasteiger charge is -2.36. The SMILES string of the molecule is CN(CCOCCOCCOCCOCCOCCOCCOCCOCCOCCOCCOCCO[Si](C)(C)C(C)(C)C)C(=O)OCC1c2ccccc2-c2ccccc21. The van der Waals surface area contributed by atoms with E-state index in [-0.39, 0.29) is 17.0 Å². The van der Waals surface area contributed by atoms with E-state index in [1.807, 2.05) is 24.3 Å². The van der Waals surface area contributed by atoms with Crippen LogP contribution in [0.25, 0.3) is 11.1 Å². The molecular formula is C46H77NO14Si. The fourth-order valence-electron chi connectivity index (χ4n) is 5.87. The first-order valence-corrected chi connectivity index (χ1v) is 25.1. The Morgan fingerprint density at radius 2 is 0.774 bits per heavy atom. The molecule has 0 bridgehead atoms. The van der Waals surface area contributed by atoms with Gasteiger partial charge in [-0.3, -0.25) is 0 Å². The van der Waals surface area contributed by atoms with Crippen LogP contribution in [0.2, 0.25) is 18.1 Å². The monoisotopic (exact) mass is 896 g/mol. The molecule has 62 heavy (non-hydrogen) atoms. The quantitative estimate of drug-likeness (QED) is 0.0567. The summed E-state index contributed by atoms with van der Waals surface area (Å²) in [6.45, 7) is 23.4. The van der Waals surface area contributed by atoms with Crippen LogP contribution in [0.3, 0.4) is 0 Å². The molecule has 15 nitrogen and oxygen atoms in total. The molecule has 2 aromatic rings. The van der Waals surface area contributed by atoms with Gasteiger partial charge in [0.25, 0.3) is 0 Å². The van der Waals surface area contributed by atoms with Gasteiger partial charge >= 0.3 is 6.09 Å². The summed E-state index contributed by atoms with van der Waals surface area (Å²) in [5.74, 6) is 0.0366. The molecule has 0 N–H and O–H groups in total. The smallest absolute Gasteiger partial charge is 0.409 e. The molecule has 3 rings (SSSR count). The Hall–Kier alpha value is -2.55. The zero-order valence-electron chi connectivity index (χ0n) is 38.5. The van der Waals surface area contributed by atoms with Crippen LogP contribution < -0.4 is 0 Å². The first-order valence-electron chi connectivity index (χ1n) is 22.2. The summed E-state index contributed by atoms with van der Waals surface area (Å²) in [4.78, 5) is 14.2. The van der Waals surface area contributed by atoms with Crippen LogP contribution >= 0.6 is 0 Å². The standard InChI is InChI=1S/C46H77NO14Si/c1-46(2,3)62(5,6)61-38-37-59-36-35-58-34-33-57-32-31-56-30-29-55-28-27-54-26-25-53-24-23-52-22-21-51-20-19-50-18-17-49-16-15-47(4)45(48)60-39-44-42-13-9-7-11-40(42)41-12-8-10-14-43(41)44/h7-14,44H,15-39H2,1-6H3. The minimum atomic E-state index is -1.71. The lowest BCUT2D eigenvalue weighted by molar-refractivity contribution is -0.0278. The van der Waals surface area contributed by atoms with E-state index in [1.54, 1.807) is 7.05 Å². The fourth-order valence-corrected chi connectivity index (χ4v) is 6.90. The second-order valence-corrected chi connectivity index (χ2v) is 20.9. The molecule has 0 saturated heterocycles. The molecule has 0 atom stereocenters. The molecule has 0 saturated carbocycles. The summed E-state index contributed by atoms with van der Waals surface area (Å²) in [6.07, 6.45) is -0.365. The van der Waals surface area contributed by atoms with Gasteiger partial charge in [-0.2, -0.15) is 0 Å². The molecule has 0 heterocycles. The highest BCUT2D eigenvalue weighted by atomic mass is 28.4. The number of benzene rings is 2. The maximum atomic E-state index is 12.6. The second kappa shape index (κ2) is 33.0. The Morgan fingerprint density at radius 3 is 1.10 bits per heavy atom. The van der Waals surface area contributed by atoms with Crippen LogP contribution in [0.5, 0.6) is 0 Å². The number of carbonyl (C=O) groups is 1. The van der Waals surface area contributed by atoms with Crippen LogP contribution in [0.4, 0.5) is 4.79 Å². The Morgan fingerprint density at radius 1 is 0.484 bits per heavy atom. The maximum Gasteiger partial charge on any atom is 0.409 e. The Balaban J connectivity index is 0.945. The highest BCUT2D eigenvalue weighted by Crippen LogP contribution is 2.44. The third-order valence-electron chi connectivity index (χ3n) is 10.4. The normalized spacial score (nSPS) is 12.8. The molecule has 1 aliphatic carbocycles. The van der Waals surface area contributed by atoms with Crippen LogP contribution in [0.1, 0.15) is 37.8 Å². The second-order valence-electron chi connectivity index (χ2n) is 16.1. The average molecular weight is 896 g/mol. The lowest BCUT2D eigenvalue weighted by atomic mass is 9.98. The summed E-state index contributed by atoms with van der Waals surface area (Å²) in [6, 6.07) is 16.6. The molecular weight excluding hydrogens is 819 g/mol. The molecule has 0 aromatic heterocycles. The van der Waals surface area contributed by atoms with E-state index < -0.39 is 8.32 Å². The molecule has 0 spiro atoms. The van der Waals surface area contributed by atoms with Gasteiger partial charge in [-0.05, 0) is 40.4 Å². The van der Waals surface area contributed by atoms with Crippen molar-refractivity contribution in [2.75, 3.05) is 172 Å². The van der Waals surface area contributed by atoms with E-state index in [2.05, 4.69) is 58.1 Å². The molecule has 16 heteroatoms. The van der Waals surface area contributed by atoms with Crippen molar-refractivity contribution >= 4 is 14.4 Å². The predicted octanol–water partition coefficient (Wildman–Crippen LogP) is 6.07. The van der Waals surface area contributed by atoms with Crippen LogP contribution in [0, 0.1) is 0 Å². The number of fused-ring (bicyclic) bond motifs is 3. The van der Waals surface area contributed by atoms with Crippen LogP contribution in [0.15, 0.2) is 48.5 Å². The van der Waals surface area contributed by atoms with Gasteiger partial charge in [-0.15, -0.1) is 0 Å². The zero-order valence-corrected chi connectivity index (χ0v) is 39.5. The van der Waals surface area contributed by atoms with Crippen molar-refractivity contribution in [3.63, 3.8) is 0 Å². The molecule has 0 aliphatic heterocycles. The van der Waals surface area contributed by atoms with Gasteiger partial charge in [0.05, 0.1) is 152 Å². The summed E-state index contributed by atoms with van der Waals surface area (Å²) < 4.78 is 72.8. The summed E-state index contributed by atoms with van der Waals surface area (Å²) in [7, 11) is 0.00592. The Kier molecular flexibility index (Phi) is 28.6. The van der Waals surface area contributed by atoms with E-state index in [0.717, 1.165) is 0 Å². The molecule has 354 valence electrons. The molecule has 0 fully saturated rings. The minimum absolute atomic E-state index is 0.0366. The number of hydrogen-bond donors (Lipinski definition) is 0. The molecule has 2 aromatic carbocycles. The van der Waals surface area contributed by atoms with Gasteiger partial charge < -0.3 is 66.2 Å².